The first-order chi connectivity index (χ1) is 7.58. The number of nitrogens with zero attached hydrogens (tertiary/aromatic N) is 3. The molecule has 0 aliphatic carbocycles. The van der Waals surface area contributed by atoms with Crippen molar-refractivity contribution in [2.24, 2.45) is 0 Å². The molecule has 0 fully saturated rings. The highest BCUT2D eigenvalue weighted by molar-refractivity contribution is 7.92. The number of anilines is 1. The maximum Gasteiger partial charge on any atom is 0.280 e. The average molecular weight is 260 g/mol. The van der Waals surface area contributed by atoms with Crippen LogP contribution < -0.4 is 4.72 Å². The Balaban J connectivity index is 2.25. The molecule has 16 heavy (non-hydrogen) atoms. The summed E-state index contributed by atoms with van der Waals surface area (Å²) in [4.78, 5) is 13.5. The zero-order valence-electron chi connectivity index (χ0n) is 7.75. The Bertz CT molecular complexity index is 565. The fraction of sp³-hybridized carbons (Fsp3) is 0. The first kappa shape index (κ1) is 10.8. The molecule has 0 radical (unpaired) electrons. The van der Waals surface area contributed by atoms with Crippen LogP contribution in [0.25, 0.3) is 0 Å². The van der Waals surface area contributed by atoms with E-state index in [0.717, 1.165) is 0 Å². The first-order valence-corrected chi connectivity index (χ1v) is 5.93. The summed E-state index contributed by atoms with van der Waals surface area (Å²) >= 11 is 5.52. The molecule has 0 amide bonds. The Hall–Kier alpha value is -1.67. The number of halogens is 1. The Morgan fingerprint density at radius 2 is 2.06 bits per heavy atom. The molecule has 0 aliphatic rings. The van der Waals surface area contributed by atoms with E-state index >= 15 is 0 Å². The van der Waals surface area contributed by atoms with E-state index in [2.05, 4.69) is 24.7 Å². The average Bonchev–Trinajstić information content (AvgIpc) is 2.75. The molecule has 7 nitrogen and oxygen atoms in total. The molecule has 0 spiro atoms. The van der Waals surface area contributed by atoms with E-state index in [1.54, 1.807) is 0 Å². The topological polar surface area (TPSA) is 101 Å². The lowest BCUT2D eigenvalue weighted by molar-refractivity contribution is 0.598. The van der Waals surface area contributed by atoms with E-state index in [9.17, 15) is 8.42 Å². The van der Waals surface area contributed by atoms with Gasteiger partial charge >= 0.3 is 0 Å². The van der Waals surface area contributed by atoms with Crippen LogP contribution in [-0.4, -0.2) is 28.4 Å². The summed E-state index contributed by atoms with van der Waals surface area (Å²) in [6.45, 7) is 0. The molecule has 0 unspecified atom stereocenters. The van der Waals surface area contributed by atoms with Crippen molar-refractivity contribution in [2.75, 3.05) is 4.72 Å². The lowest BCUT2D eigenvalue weighted by Crippen LogP contribution is -2.14. The van der Waals surface area contributed by atoms with Crippen molar-refractivity contribution in [2.45, 2.75) is 5.03 Å². The first-order valence-electron chi connectivity index (χ1n) is 4.07. The van der Waals surface area contributed by atoms with Crippen LogP contribution in [0.4, 0.5) is 5.82 Å². The van der Waals surface area contributed by atoms with Crippen LogP contribution in [0.3, 0.4) is 0 Å². The largest absolute Gasteiger partial charge is 0.334 e. The maximum atomic E-state index is 11.7. The lowest BCUT2D eigenvalue weighted by Gasteiger charge is -2.03. The molecule has 0 bridgehead atoms. The fourth-order valence-corrected chi connectivity index (χ4v) is 1.94. The molecule has 0 aliphatic heterocycles. The van der Waals surface area contributed by atoms with Crippen LogP contribution >= 0.6 is 11.6 Å². The third-order valence-electron chi connectivity index (χ3n) is 1.62. The minimum Gasteiger partial charge on any atom is -0.334 e. The molecule has 0 atom stereocenters. The molecule has 2 aromatic heterocycles. The summed E-state index contributed by atoms with van der Waals surface area (Å²) in [7, 11) is -3.70. The number of nitrogens with one attached hydrogen (secondary N) is 2. The zero-order chi connectivity index (χ0) is 11.6. The molecule has 2 N–H and O–H groups in total. The van der Waals surface area contributed by atoms with Gasteiger partial charge in [0.2, 0.25) is 0 Å². The molecule has 0 saturated carbocycles. The van der Waals surface area contributed by atoms with Crippen molar-refractivity contribution in [3.8, 4) is 0 Å². The molecular formula is C7H6ClN5O2S. The number of hydrogen-bond donors (Lipinski definition) is 2. The third kappa shape index (κ3) is 2.28. The highest BCUT2D eigenvalue weighted by atomic mass is 35.5. The second-order valence-corrected chi connectivity index (χ2v) is 4.78. The van der Waals surface area contributed by atoms with Gasteiger partial charge in [-0.05, 0) is 0 Å². The molecule has 84 valence electrons. The van der Waals surface area contributed by atoms with Crippen molar-refractivity contribution in [1.82, 2.24) is 19.9 Å². The number of aromatic amines is 1. The van der Waals surface area contributed by atoms with Gasteiger partial charge in [0, 0.05) is 0 Å². The predicted octanol–water partition coefficient (Wildman–Crippen LogP) is 0.654. The Morgan fingerprint density at radius 3 is 2.62 bits per heavy atom. The van der Waals surface area contributed by atoms with Crippen LogP contribution in [0.5, 0.6) is 0 Å². The third-order valence-corrected chi connectivity index (χ3v) is 3.10. The summed E-state index contributed by atoms with van der Waals surface area (Å²) in [5.41, 5.74) is 0. The van der Waals surface area contributed by atoms with E-state index in [4.69, 9.17) is 11.6 Å². The van der Waals surface area contributed by atoms with Gasteiger partial charge in [-0.2, -0.15) is 8.42 Å². The van der Waals surface area contributed by atoms with E-state index in [1.807, 2.05) is 0 Å². The Kier molecular flexibility index (Phi) is 2.75. The summed E-state index contributed by atoms with van der Waals surface area (Å²) in [5.74, 6) is 0.0824. The molecule has 2 rings (SSSR count). The van der Waals surface area contributed by atoms with Crippen molar-refractivity contribution in [1.29, 1.82) is 0 Å². The molecule has 0 saturated heterocycles. The predicted molar refractivity (Wildman–Crippen MR) is 56.4 cm³/mol. The van der Waals surface area contributed by atoms with E-state index < -0.39 is 10.0 Å². The molecule has 9 heteroatoms. The summed E-state index contributed by atoms with van der Waals surface area (Å²) in [5, 5.41) is 0.133. The highest BCUT2D eigenvalue weighted by Crippen LogP contribution is 2.11. The quantitative estimate of drug-likeness (QED) is 0.843. The second kappa shape index (κ2) is 4.06. The van der Waals surface area contributed by atoms with Gasteiger partial charge in [-0.1, -0.05) is 11.6 Å². The van der Waals surface area contributed by atoms with Crippen molar-refractivity contribution >= 4 is 27.4 Å². The van der Waals surface area contributed by atoms with Gasteiger partial charge in [-0.15, -0.1) is 0 Å². The van der Waals surface area contributed by atoms with Crippen molar-refractivity contribution < 1.29 is 8.42 Å². The lowest BCUT2D eigenvalue weighted by atomic mass is 10.7. The van der Waals surface area contributed by atoms with Crippen LogP contribution in [0.1, 0.15) is 0 Å². The zero-order valence-corrected chi connectivity index (χ0v) is 9.33. The minimum absolute atomic E-state index is 0.0516. The SMILES string of the molecule is O=S(=O)(Nc1cnc(Cl)cn1)c1cnc[nH]1. The number of imidazole rings is 1. The standard InChI is InChI=1S/C7H6ClN5O2S/c8-5-1-11-6(2-10-5)13-16(14,15)7-3-9-4-12-7/h1-4H,(H,9,12)(H,11,13). The normalized spacial score (nSPS) is 11.3. The van der Waals surface area contributed by atoms with Gasteiger partial charge in [0.05, 0.1) is 24.9 Å². The second-order valence-electron chi connectivity index (χ2n) is 2.75. The van der Waals surface area contributed by atoms with Gasteiger partial charge in [-0.25, -0.2) is 15.0 Å². The van der Waals surface area contributed by atoms with Crippen LogP contribution in [0.2, 0.25) is 5.15 Å². The van der Waals surface area contributed by atoms with Gasteiger partial charge in [0.25, 0.3) is 10.0 Å². The smallest absolute Gasteiger partial charge is 0.280 e. The highest BCUT2D eigenvalue weighted by Gasteiger charge is 2.16. The van der Waals surface area contributed by atoms with Crippen LogP contribution in [0.15, 0.2) is 29.9 Å². The van der Waals surface area contributed by atoms with Gasteiger partial charge in [-0.3, -0.25) is 4.72 Å². The van der Waals surface area contributed by atoms with E-state index in [-0.39, 0.29) is 16.0 Å². The Morgan fingerprint density at radius 1 is 1.25 bits per heavy atom. The summed E-state index contributed by atoms with van der Waals surface area (Å²) in [6, 6.07) is 0. The van der Waals surface area contributed by atoms with Crippen molar-refractivity contribution in [3.05, 3.63) is 30.1 Å². The number of aromatic nitrogens is 4. The number of sulfonamides is 1. The van der Waals surface area contributed by atoms with Crippen LogP contribution in [0, 0.1) is 0 Å². The van der Waals surface area contributed by atoms with E-state index in [1.165, 1.54) is 24.9 Å². The summed E-state index contributed by atoms with van der Waals surface area (Å²) < 4.78 is 25.5. The van der Waals surface area contributed by atoms with Gasteiger partial charge < -0.3 is 4.98 Å². The van der Waals surface area contributed by atoms with Crippen molar-refractivity contribution in [3.63, 3.8) is 0 Å². The maximum absolute atomic E-state index is 11.7. The number of H-pyrrole nitrogens is 1. The molecule has 2 heterocycles. The number of hydrogen-bond acceptors (Lipinski definition) is 5. The van der Waals surface area contributed by atoms with Crippen LogP contribution in [-0.2, 0) is 10.0 Å². The Labute approximate surface area is 96.0 Å². The summed E-state index contributed by atoms with van der Waals surface area (Å²) in [6.07, 6.45) is 4.91. The monoisotopic (exact) mass is 259 g/mol. The van der Waals surface area contributed by atoms with Gasteiger partial charge in [0.1, 0.15) is 5.15 Å². The minimum atomic E-state index is -3.70. The fourth-order valence-electron chi connectivity index (χ4n) is 0.948. The molecule has 0 aromatic carbocycles. The molecule has 2 aromatic rings. The van der Waals surface area contributed by atoms with E-state index in [0.29, 0.717) is 0 Å². The molecular weight excluding hydrogens is 254 g/mol. The van der Waals surface area contributed by atoms with Gasteiger partial charge in [0.15, 0.2) is 10.8 Å². The number of rotatable bonds is 3.